The van der Waals surface area contributed by atoms with Gasteiger partial charge in [-0.25, -0.2) is 0 Å². The van der Waals surface area contributed by atoms with Crippen LogP contribution in [0, 0.1) is 16.2 Å². The van der Waals surface area contributed by atoms with Crippen molar-refractivity contribution in [2.45, 2.75) is 102 Å². The van der Waals surface area contributed by atoms with E-state index in [4.69, 9.17) is 15.3 Å². The zero-order chi connectivity index (χ0) is 27.2. The molecule has 0 aliphatic heterocycles. The molecule has 0 aromatic heterocycles. The van der Waals surface area contributed by atoms with Crippen LogP contribution in [-0.2, 0) is 31.5 Å². The first kappa shape index (κ1) is 39.4. The molecule has 7 heteroatoms. The first-order chi connectivity index (χ1) is 14.4. The fourth-order valence-electron chi connectivity index (χ4n) is 2.42. The van der Waals surface area contributed by atoms with Gasteiger partial charge >= 0.3 is 0 Å². The Morgan fingerprint density at radius 2 is 0.647 bits per heavy atom. The summed E-state index contributed by atoms with van der Waals surface area (Å²) >= 11 is 0. The number of rotatable bonds is 6. The molecule has 0 saturated heterocycles. The van der Waals surface area contributed by atoms with Crippen LogP contribution in [0.15, 0.2) is 35.5 Å². The van der Waals surface area contributed by atoms with Gasteiger partial charge in [0.2, 0.25) is 0 Å². The van der Waals surface area contributed by atoms with Gasteiger partial charge in [-0.15, -0.1) is 0 Å². The summed E-state index contributed by atoms with van der Waals surface area (Å²) in [6.45, 7) is 22.4. The summed E-state index contributed by atoms with van der Waals surface area (Å²) in [5.74, 6) is 0.199. The van der Waals surface area contributed by atoms with Gasteiger partial charge in [-0.3, -0.25) is 14.4 Å². The summed E-state index contributed by atoms with van der Waals surface area (Å²) in [6.07, 6.45) is 5.24. The second-order valence-corrected chi connectivity index (χ2v) is 12.0. The SMILES string of the molecule is C/C(O)=C/C(=O)CC(C)(C)C.C/C(O)=C/C(=O)CC(C)(C)C.C/C(O)=C\C(=O)CC(C)(C)C.[Fe]. The van der Waals surface area contributed by atoms with Crippen molar-refractivity contribution in [1.29, 1.82) is 0 Å². The minimum absolute atomic E-state index is 0. The molecule has 0 atom stereocenters. The summed E-state index contributed by atoms with van der Waals surface area (Å²) in [5, 5.41) is 26.3. The molecule has 0 amide bonds. The summed E-state index contributed by atoms with van der Waals surface area (Å²) in [4.78, 5) is 33.1. The minimum atomic E-state index is -0.0162. The fraction of sp³-hybridized carbons (Fsp3) is 0.667. The van der Waals surface area contributed by atoms with E-state index in [1.165, 1.54) is 39.0 Å². The van der Waals surface area contributed by atoms with Crippen LogP contribution >= 0.6 is 0 Å². The van der Waals surface area contributed by atoms with E-state index >= 15 is 0 Å². The smallest absolute Gasteiger partial charge is 0.159 e. The predicted octanol–water partition coefficient (Wildman–Crippen LogP) is 7.36. The number of aliphatic hydroxyl groups excluding tert-OH is 3. The van der Waals surface area contributed by atoms with Crippen molar-refractivity contribution < 1.29 is 46.8 Å². The molecule has 0 aliphatic carbocycles. The Balaban J connectivity index is -0.000000196. The Morgan fingerprint density at radius 3 is 0.735 bits per heavy atom. The first-order valence-corrected chi connectivity index (χ1v) is 11.1. The molecular formula is C27H48FeO6. The van der Waals surface area contributed by atoms with Gasteiger partial charge < -0.3 is 15.3 Å². The van der Waals surface area contributed by atoms with E-state index in [-0.39, 0.29) is 67.9 Å². The van der Waals surface area contributed by atoms with Gasteiger partial charge in [0.1, 0.15) is 0 Å². The summed E-state index contributed by atoms with van der Waals surface area (Å²) in [7, 11) is 0. The molecule has 34 heavy (non-hydrogen) atoms. The third kappa shape index (κ3) is 40.5. The maximum absolute atomic E-state index is 11.0. The van der Waals surface area contributed by atoms with Gasteiger partial charge in [-0.1, -0.05) is 62.3 Å². The van der Waals surface area contributed by atoms with Crippen LogP contribution in [0.5, 0.6) is 0 Å². The van der Waals surface area contributed by atoms with Crippen LogP contribution in [0.25, 0.3) is 0 Å². The maximum atomic E-state index is 11.0. The number of ketones is 3. The van der Waals surface area contributed by atoms with Crippen molar-refractivity contribution in [3.05, 3.63) is 35.5 Å². The van der Waals surface area contributed by atoms with Crippen molar-refractivity contribution in [1.82, 2.24) is 0 Å². The minimum Gasteiger partial charge on any atom is -0.512 e. The second-order valence-electron chi connectivity index (χ2n) is 12.0. The van der Waals surface area contributed by atoms with Crippen molar-refractivity contribution in [2.24, 2.45) is 16.2 Å². The van der Waals surface area contributed by atoms with Crippen molar-refractivity contribution in [3.8, 4) is 0 Å². The van der Waals surface area contributed by atoms with E-state index in [0.717, 1.165) is 0 Å². The average Bonchev–Trinajstić information content (AvgIpc) is 2.38. The van der Waals surface area contributed by atoms with Gasteiger partial charge in [-0.2, -0.15) is 0 Å². The predicted molar refractivity (Wildman–Crippen MR) is 136 cm³/mol. The Bertz CT molecular complexity index is 612. The third-order valence-corrected chi connectivity index (χ3v) is 3.22. The van der Waals surface area contributed by atoms with Crippen molar-refractivity contribution >= 4 is 17.3 Å². The second kappa shape index (κ2) is 17.6. The molecule has 0 saturated carbocycles. The monoisotopic (exact) mass is 524 g/mol. The van der Waals surface area contributed by atoms with Crippen LogP contribution in [0.2, 0.25) is 0 Å². The zero-order valence-corrected chi connectivity index (χ0v) is 24.4. The molecular weight excluding hydrogens is 476 g/mol. The number of hydrogen-bond donors (Lipinski definition) is 3. The van der Waals surface area contributed by atoms with Gasteiger partial charge in [-0.05, 0) is 37.0 Å². The molecule has 0 radical (unpaired) electrons. The molecule has 3 N–H and O–H groups in total. The van der Waals surface area contributed by atoms with Crippen LogP contribution < -0.4 is 0 Å². The summed E-state index contributed by atoms with van der Waals surface area (Å²) < 4.78 is 0. The van der Waals surface area contributed by atoms with Crippen LogP contribution in [-0.4, -0.2) is 32.7 Å². The van der Waals surface area contributed by atoms with Gasteiger partial charge in [0.15, 0.2) is 17.3 Å². The fourth-order valence-corrected chi connectivity index (χ4v) is 2.42. The number of hydrogen-bond acceptors (Lipinski definition) is 6. The standard InChI is InChI=1S/3C9H16O2.Fe/c3*1-7(10)5-8(11)6-9(2,3)4;/h3*5,10H,6H2,1-4H3;/b7-5+;2*7-5-;. The van der Waals surface area contributed by atoms with Gasteiger partial charge in [0.05, 0.1) is 17.3 Å². The number of carbonyl (C=O) groups excluding carboxylic acids is 3. The molecule has 0 bridgehead atoms. The van der Waals surface area contributed by atoms with E-state index < -0.39 is 0 Å². The number of carbonyl (C=O) groups is 3. The third-order valence-electron chi connectivity index (χ3n) is 3.22. The molecule has 200 valence electrons. The molecule has 0 spiro atoms. The van der Waals surface area contributed by atoms with Crippen LogP contribution in [0.1, 0.15) is 102 Å². The van der Waals surface area contributed by atoms with Crippen LogP contribution in [0.4, 0.5) is 0 Å². The average molecular weight is 525 g/mol. The van der Waals surface area contributed by atoms with Crippen molar-refractivity contribution in [2.75, 3.05) is 0 Å². The summed E-state index contributed by atoms with van der Waals surface area (Å²) in [5.41, 5.74) is 0.00903. The topological polar surface area (TPSA) is 112 Å². The Kier molecular flexibility index (Phi) is 20.3. The molecule has 6 nitrogen and oxygen atoms in total. The molecule has 0 fully saturated rings. The number of allylic oxidation sites excluding steroid dienone is 6. The van der Waals surface area contributed by atoms with E-state index in [1.54, 1.807) is 0 Å². The molecule has 0 rings (SSSR count). The Labute approximate surface area is 218 Å². The van der Waals surface area contributed by atoms with Crippen LogP contribution in [0.3, 0.4) is 0 Å². The quantitative estimate of drug-likeness (QED) is 0.190. The Hall–Kier alpha value is -1.85. The number of aliphatic hydroxyl groups is 3. The first-order valence-electron chi connectivity index (χ1n) is 11.1. The normalized spacial score (nSPS) is 12.9. The van der Waals surface area contributed by atoms with E-state index in [9.17, 15) is 14.4 Å². The molecule has 0 aromatic rings. The largest absolute Gasteiger partial charge is 0.512 e. The van der Waals surface area contributed by atoms with Crippen molar-refractivity contribution in [3.63, 3.8) is 0 Å². The summed E-state index contributed by atoms with van der Waals surface area (Å²) in [6, 6.07) is 0. The van der Waals surface area contributed by atoms with E-state index in [0.29, 0.717) is 19.3 Å². The molecule has 0 unspecified atom stereocenters. The van der Waals surface area contributed by atoms with E-state index in [2.05, 4.69) is 0 Å². The Morgan fingerprint density at radius 1 is 0.500 bits per heavy atom. The van der Waals surface area contributed by atoms with E-state index in [1.807, 2.05) is 62.3 Å². The zero-order valence-electron chi connectivity index (χ0n) is 23.3. The molecule has 0 aliphatic rings. The molecule has 0 heterocycles. The van der Waals surface area contributed by atoms with Gasteiger partial charge in [0.25, 0.3) is 0 Å². The molecule has 0 aromatic carbocycles. The van der Waals surface area contributed by atoms with Gasteiger partial charge in [0, 0.05) is 54.6 Å². The maximum Gasteiger partial charge on any atom is 0.159 e.